The minimum absolute atomic E-state index is 0. The zero-order chi connectivity index (χ0) is 19.2. The fraction of sp³-hybridized carbons (Fsp3) is 0.632. The van der Waals surface area contributed by atoms with Crippen LogP contribution in [0.25, 0.3) is 0 Å². The maximum Gasteiger partial charge on any atom is 0.191 e. The maximum absolute atomic E-state index is 13.4. The SMILES string of the molecule is CN=C(NCCS(=O)C(C)(C)C)NC1CCN(c2cccc(F)c2)CC1.I. The number of aliphatic imine (C=N–C) groups is 1. The number of hydrogen-bond donors (Lipinski definition) is 2. The van der Waals surface area contributed by atoms with E-state index in [1.54, 1.807) is 19.2 Å². The third-order valence-electron chi connectivity index (χ3n) is 4.50. The Hall–Kier alpha value is -0.900. The van der Waals surface area contributed by atoms with Crippen LogP contribution >= 0.6 is 24.0 Å². The van der Waals surface area contributed by atoms with Crippen molar-refractivity contribution in [3.63, 3.8) is 0 Å². The standard InChI is InChI=1S/C19H31FN4OS.HI/c1-19(2,3)26(25)13-10-22-18(21-4)23-16-8-11-24(12-9-16)17-7-5-6-15(20)14-17;/h5-7,14,16H,8-13H2,1-4H3,(H2,21,22,23);1H. The zero-order valence-corrected chi connectivity index (χ0v) is 19.8. The Morgan fingerprint density at radius 3 is 2.56 bits per heavy atom. The number of halogens is 2. The van der Waals surface area contributed by atoms with Gasteiger partial charge in [0.15, 0.2) is 5.96 Å². The Morgan fingerprint density at radius 2 is 2.00 bits per heavy atom. The van der Waals surface area contributed by atoms with E-state index in [1.807, 2.05) is 26.8 Å². The summed E-state index contributed by atoms with van der Waals surface area (Å²) in [5.74, 6) is 1.16. The Balaban J connectivity index is 0.00000364. The summed E-state index contributed by atoms with van der Waals surface area (Å²) in [7, 11) is 0.875. The van der Waals surface area contributed by atoms with Crippen molar-refractivity contribution >= 4 is 46.4 Å². The minimum atomic E-state index is -0.873. The van der Waals surface area contributed by atoms with Gasteiger partial charge in [0, 0.05) is 59.7 Å². The van der Waals surface area contributed by atoms with Gasteiger partial charge in [-0.1, -0.05) is 6.07 Å². The van der Waals surface area contributed by atoms with E-state index in [0.29, 0.717) is 18.3 Å². The highest BCUT2D eigenvalue weighted by molar-refractivity contribution is 14.0. The van der Waals surface area contributed by atoms with Crippen molar-refractivity contribution in [2.24, 2.45) is 4.99 Å². The summed E-state index contributed by atoms with van der Waals surface area (Å²) >= 11 is 0. The van der Waals surface area contributed by atoms with Crippen LogP contribution in [-0.2, 0) is 10.8 Å². The molecule has 1 saturated heterocycles. The third-order valence-corrected chi connectivity index (χ3v) is 6.44. The van der Waals surface area contributed by atoms with Crippen molar-refractivity contribution in [2.45, 2.75) is 44.4 Å². The lowest BCUT2D eigenvalue weighted by Crippen LogP contribution is -2.49. The van der Waals surface area contributed by atoms with Gasteiger partial charge < -0.3 is 15.5 Å². The minimum Gasteiger partial charge on any atom is -0.371 e. The second kappa shape index (κ2) is 11.2. The number of piperidine rings is 1. The number of nitrogens with zero attached hydrogens (tertiary/aromatic N) is 2. The molecule has 0 saturated carbocycles. The molecule has 1 unspecified atom stereocenters. The second-order valence-corrected chi connectivity index (χ2v) is 9.87. The summed E-state index contributed by atoms with van der Waals surface area (Å²) in [6.45, 7) is 8.36. The van der Waals surface area contributed by atoms with E-state index < -0.39 is 10.8 Å². The summed E-state index contributed by atoms with van der Waals surface area (Å²) < 4.78 is 25.3. The lowest BCUT2D eigenvalue weighted by molar-refractivity contribution is 0.461. The first-order valence-corrected chi connectivity index (χ1v) is 10.5. The van der Waals surface area contributed by atoms with E-state index in [4.69, 9.17) is 0 Å². The Morgan fingerprint density at radius 1 is 1.33 bits per heavy atom. The average molecular weight is 510 g/mol. The third kappa shape index (κ3) is 7.93. The van der Waals surface area contributed by atoms with E-state index in [9.17, 15) is 8.60 Å². The zero-order valence-electron chi connectivity index (χ0n) is 16.6. The molecule has 0 aliphatic carbocycles. The monoisotopic (exact) mass is 510 g/mol. The Labute approximate surface area is 182 Å². The van der Waals surface area contributed by atoms with Gasteiger partial charge in [-0.25, -0.2) is 4.39 Å². The van der Waals surface area contributed by atoms with Gasteiger partial charge in [0.05, 0.1) is 0 Å². The fourth-order valence-corrected chi connectivity index (χ4v) is 3.81. The molecular formula is C19H32FIN4OS. The average Bonchev–Trinajstić information content (AvgIpc) is 2.60. The molecule has 5 nitrogen and oxygen atoms in total. The van der Waals surface area contributed by atoms with E-state index >= 15 is 0 Å². The molecule has 2 rings (SSSR count). The Kier molecular flexibility index (Phi) is 10.0. The molecule has 1 fully saturated rings. The van der Waals surface area contributed by atoms with Gasteiger partial charge in [-0.15, -0.1) is 24.0 Å². The van der Waals surface area contributed by atoms with Crippen LogP contribution in [0.15, 0.2) is 29.3 Å². The molecule has 0 aromatic heterocycles. The van der Waals surface area contributed by atoms with Crippen LogP contribution in [0.4, 0.5) is 10.1 Å². The normalized spacial score (nSPS) is 17.2. The molecule has 8 heteroatoms. The summed E-state index contributed by atoms with van der Waals surface area (Å²) in [6, 6.07) is 7.10. The molecule has 0 radical (unpaired) electrons. The van der Waals surface area contributed by atoms with Crippen molar-refractivity contribution in [1.29, 1.82) is 0 Å². The molecule has 0 spiro atoms. The first-order valence-electron chi connectivity index (χ1n) is 9.16. The molecule has 1 aromatic rings. The number of nitrogens with one attached hydrogen (secondary N) is 2. The molecule has 1 aromatic carbocycles. The summed E-state index contributed by atoms with van der Waals surface area (Å²) in [5.41, 5.74) is 0.940. The number of rotatable bonds is 5. The molecule has 1 aliphatic rings. The van der Waals surface area contributed by atoms with Crippen LogP contribution < -0.4 is 15.5 Å². The molecular weight excluding hydrogens is 478 g/mol. The fourth-order valence-electron chi connectivity index (χ4n) is 2.91. The van der Waals surface area contributed by atoms with Crippen molar-refractivity contribution in [2.75, 3.05) is 37.3 Å². The highest BCUT2D eigenvalue weighted by atomic mass is 127. The molecule has 1 aliphatic heterocycles. The Bertz CT molecular complexity index is 643. The highest BCUT2D eigenvalue weighted by Crippen LogP contribution is 2.20. The molecule has 2 N–H and O–H groups in total. The van der Waals surface area contributed by atoms with Crippen LogP contribution in [0, 0.1) is 5.82 Å². The molecule has 0 amide bonds. The molecule has 1 atom stereocenters. The predicted octanol–water partition coefficient (Wildman–Crippen LogP) is 3.12. The van der Waals surface area contributed by atoms with E-state index in [0.717, 1.165) is 37.6 Å². The predicted molar refractivity (Wildman–Crippen MR) is 124 cm³/mol. The van der Waals surface area contributed by atoms with Gasteiger partial charge in [-0.3, -0.25) is 9.20 Å². The maximum atomic E-state index is 13.4. The van der Waals surface area contributed by atoms with Crippen LogP contribution in [-0.4, -0.2) is 53.4 Å². The van der Waals surface area contributed by atoms with Gasteiger partial charge in [0.2, 0.25) is 0 Å². The number of guanidine groups is 1. The molecule has 0 bridgehead atoms. The summed E-state index contributed by atoms with van der Waals surface area (Å²) in [5, 5.41) is 6.69. The lowest BCUT2D eigenvalue weighted by atomic mass is 10.0. The molecule has 1 heterocycles. The second-order valence-electron chi connectivity index (χ2n) is 7.55. The van der Waals surface area contributed by atoms with Crippen molar-refractivity contribution in [3.8, 4) is 0 Å². The largest absolute Gasteiger partial charge is 0.371 e. The van der Waals surface area contributed by atoms with Crippen LogP contribution in [0.1, 0.15) is 33.6 Å². The summed E-state index contributed by atoms with van der Waals surface area (Å²) in [6.07, 6.45) is 1.93. The molecule has 154 valence electrons. The topological polar surface area (TPSA) is 56.7 Å². The van der Waals surface area contributed by atoms with Gasteiger partial charge in [-0.05, 0) is 51.8 Å². The van der Waals surface area contributed by atoms with E-state index in [1.165, 1.54) is 6.07 Å². The number of hydrogen-bond acceptors (Lipinski definition) is 3. The van der Waals surface area contributed by atoms with Crippen molar-refractivity contribution in [3.05, 3.63) is 30.1 Å². The molecule has 27 heavy (non-hydrogen) atoms. The van der Waals surface area contributed by atoms with Crippen molar-refractivity contribution in [1.82, 2.24) is 10.6 Å². The van der Waals surface area contributed by atoms with E-state index in [-0.39, 0.29) is 34.5 Å². The highest BCUT2D eigenvalue weighted by Gasteiger charge is 2.21. The van der Waals surface area contributed by atoms with Gasteiger partial charge >= 0.3 is 0 Å². The smallest absolute Gasteiger partial charge is 0.191 e. The lowest BCUT2D eigenvalue weighted by Gasteiger charge is -2.34. The van der Waals surface area contributed by atoms with Crippen LogP contribution in [0.3, 0.4) is 0 Å². The number of benzene rings is 1. The quantitative estimate of drug-likeness (QED) is 0.363. The van der Waals surface area contributed by atoms with Gasteiger partial charge in [0.1, 0.15) is 5.82 Å². The van der Waals surface area contributed by atoms with E-state index in [2.05, 4.69) is 20.5 Å². The van der Waals surface area contributed by atoms with Crippen LogP contribution in [0.2, 0.25) is 0 Å². The first kappa shape index (κ1) is 24.1. The van der Waals surface area contributed by atoms with Gasteiger partial charge in [-0.2, -0.15) is 0 Å². The number of anilines is 1. The van der Waals surface area contributed by atoms with Crippen molar-refractivity contribution < 1.29 is 8.60 Å². The van der Waals surface area contributed by atoms with Gasteiger partial charge in [0.25, 0.3) is 0 Å². The summed E-state index contributed by atoms with van der Waals surface area (Å²) in [4.78, 5) is 6.47. The first-order chi connectivity index (χ1) is 12.3. The van der Waals surface area contributed by atoms with Crippen LogP contribution in [0.5, 0.6) is 0 Å².